The topological polar surface area (TPSA) is 12.0 Å². The third-order valence-corrected chi connectivity index (χ3v) is 3.19. The second-order valence-electron chi connectivity index (χ2n) is 4.44. The lowest BCUT2D eigenvalue weighted by Crippen LogP contribution is -2.38. The molecular weight excluding hydrogens is 184 g/mol. The second-order valence-corrected chi connectivity index (χ2v) is 4.44. The molecule has 0 amide bonds. The van der Waals surface area contributed by atoms with Gasteiger partial charge in [-0.3, -0.25) is 0 Å². The van der Waals surface area contributed by atoms with Crippen LogP contribution in [0, 0.1) is 5.92 Å². The third-order valence-electron chi connectivity index (χ3n) is 3.19. The summed E-state index contributed by atoms with van der Waals surface area (Å²) in [5.41, 5.74) is 0. The number of alkyl halides is 2. The normalized spacial score (nSPS) is 24.9. The largest absolute Gasteiger partial charge is 0.314 e. The number of hydrogen-bond acceptors (Lipinski definition) is 1. The molecular formula is C11H21F2N. The molecule has 3 heteroatoms. The minimum absolute atomic E-state index is 0.0792. The summed E-state index contributed by atoms with van der Waals surface area (Å²) in [6, 6.07) is 0.394. The monoisotopic (exact) mass is 205 g/mol. The van der Waals surface area contributed by atoms with Gasteiger partial charge in [-0.2, -0.15) is 0 Å². The number of rotatable bonds is 4. The SMILES string of the molecule is CCCNC(C)C1CCC(F)(F)CC1. The van der Waals surface area contributed by atoms with Crippen LogP contribution in [-0.2, 0) is 0 Å². The van der Waals surface area contributed by atoms with E-state index in [2.05, 4.69) is 19.2 Å². The van der Waals surface area contributed by atoms with E-state index in [0.717, 1.165) is 13.0 Å². The predicted molar refractivity (Wildman–Crippen MR) is 54.7 cm³/mol. The van der Waals surface area contributed by atoms with Crippen LogP contribution < -0.4 is 5.32 Å². The van der Waals surface area contributed by atoms with Crippen molar-refractivity contribution < 1.29 is 8.78 Å². The first-order valence-electron chi connectivity index (χ1n) is 5.66. The maximum Gasteiger partial charge on any atom is 0.248 e. The van der Waals surface area contributed by atoms with Gasteiger partial charge in [-0.05, 0) is 38.6 Å². The van der Waals surface area contributed by atoms with E-state index in [1.54, 1.807) is 0 Å². The molecule has 0 aromatic heterocycles. The molecule has 1 atom stereocenters. The molecule has 0 aromatic rings. The summed E-state index contributed by atoms with van der Waals surface area (Å²) >= 11 is 0. The lowest BCUT2D eigenvalue weighted by Gasteiger charge is -2.32. The van der Waals surface area contributed by atoms with Crippen LogP contribution in [0.15, 0.2) is 0 Å². The second kappa shape index (κ2) is 5.06. The molecule has 0 aliphatic heterocycles. The van der Waals surface area contributed by atoms with E-state index in [0.29, 0.717) is 24.8 Å². The van der Waals surface area contributed by atoms with Crippen LogP contribution in [0.2, 0.25) is 0 Å². The first kappa shape index (κ1) is 11.9. The fraction of sp³-hybridized carbons (Fsp3) is 1.00. The van der Waals surface area contributed by atoms with Crippen molar-refractivity contribution in [3.63, 3.8) is 0 Å². The summed E-state index contributed by atoms with van der Waals surface area (Å²) in [5.74, 6) is -1.94. The number of halogens is 2. The van der Waals surface area contributed by atoms with Crippen molar-refractivity contribution in [3.8, 4) is 0 Å². The van der Waals surface area contributed by atoms with Gasteiger partial charge < -0.3 is 5.32 Å². The molecule has 0 radical (unpaired) electrons. The van der Waals surface area contributed by atoms with Crippen LogP contribution in [0.1, 0.15) is 46.0 Å². The Kier molecular flexibility index (Phi) is 4.30. The summed E-state index contributed by atoms with van der Waals surface area (Å²) in [5, 5.41) is 3.38. The van der Waals surface area contributed by atoms with Gasteiger partial charge in [0.15, 0.2) is 0 Å². The minimum atomic E-state index is -2.39. The molecule has 0 bridgehead atoms. The zero-order valence-electron chi connectivity index (χ0n) is 9.15. The highest BCUT2D eigenvalue weighted by molar-refractivity contribution is 4.82. The van der Waals surface area contributed by atoms with Gasteiger partial charge in [0.1, 0.15) is 0 Å². The number of hydrogen-bond donors (Lipinski definition) is 1. The van der Waals surface area contributed by atoms with Crippen LogP contribution >= 0.6 is 0 Å². The van der Waals surface area contributed by atoms with Crippen molar-refractivity contribution in [2.75, 3.05) is 6.54 Å². The minimum Gasteiger partial charge on any atom is -0.314 e. The Labute approximate surface area is 85.3 Å². The highest BCUT2D eigenvalue weighted by Gasteiger charge is 2.36. The Balaban J connectivity index is 2.27. The summed E-state index contributed by atoms with van der Waals surface area (Å²) in [6.07, 6.45) is 2.61. The van der Waals surface area contributed by atoms with Gasteiger partial charge >= 0.3 is 0 Å². The Morgan fingerprint density at radius 3 is 2.43 bits per heavy atom. The van der Waals surface area contributed by atoms with E-state index >= 15 is 0 Å². The molecule has 1 unspecified atom stereocenters. The van der Waals surface area contributed by atoms with E-state index in [-0.39, 0.29) is 12.8 Å². The van der Waals surface area contributed by atoms with Crippen LogP contribution in [0.25, 0.3) is 0 Å². The zero-order chi connectivity index (χ0) is 10.6. The standard InChI is InChI=1S/C11H21F2N/c1-3-8-14-9(2)10-4-6-11(12,13)7-5-10/h9-10,14H,3-8H2,1-2H3. The smallest absolute Gasteiger partial charge is 0.248 e. The Hall–Kier alpha value is -0.180. The maximum absolute atomic E-state index is 12.9. The van der Waals surface area contributed by atoms with E-state index in [1.807, 2.05) is 0 Å². The molecule has 0 heterocycles. The molecule has 0 spiro atoms. The van der Waals surface area contributed by atoms with Gasteiger partial charge in [-0.25, -0.2) is 8.78 Å². The van der Waals surface area contributed by atoms with Gasteiger partial charge in [0, 0.05) is 18.9 Å². The maximum atomic E-state index is 12.9. The van der Waals surface area contributed by atoms with E-state index in [4.69, 9.17) is 0 Å². The molecule has 0 aromatic carbocycles. The van der Waals surface area contributed by atoms with E-state index in [1.165, 1.54) is 0 Å². The van der Waals surface area contributed by atoms with Crippen molar-refractivity contribution in [1.82, 2.24) is 5.32 Å². The molecule has 1 rings (SSSR count). The Morgan fingerprint density at radius 1 is 1.36 bits per heavy atom. The molecule has 1 aliphatic carbocycles. The number of nitrogens with one attached hydrogen (secondary N) is 1. The van der Waals surface area contributed by atoms with Gasteiger partial charge in [0.05, 0.1) is 0 Å². The molecule has 1 nitrogen and oxygen atoms in total. The highest BCUT2D eigenvalue weighted by Crippen LogP contribution is 2.37. The van der Waals surface area contributed by atoms with Gasteiger partial charge in [-0.1, -0.05) is 6.92 Å². The average Bonchev–Trinajstić information content (AvgIpc) is 2.14. The Morgan fingerprint density at radius 2 is 1.93 bits per heavy atom. The molecule has 84 valence electrons. The Bertz CT molecular complexity index is 161. The van der Waals surface area contributed by atoms with Crippen molar-refractivity contribution in [2.24, 2.45) is 5.92 Å². The first-order valence-corrected chi connectivity index (χ1v) is 5.66. The highest BCUT2D eigenvalue weighted by atomic mass is 19.3. The summed E-state index contributed by atoms with van der Waals surface area (Å²) in [7, 11) is 0. The third kappa shape index (κ3) is 3.52. The lowest BCUT2D eigenvalue weighted by atomic mass is 9.82. The van der Waals surface area contributed by atoms with E-state index < -0.39 is 5.92 Å². The average molecular weight is 205 g/mol. The lowest BCUT2D eigenvalue weighted by molar-refractivity contribution is -0.0488. The van der Waals surface area contributed by atoms with Gasteiger partial charge in [-0.15, -0.1) is 0 Å². The molecule has 1 aliphatic rings. The van der Waals surface area contributed by atoms with Crippen LogP contribution in [0.5, 0.6) is 0 Å². The fourth-order valence-electron chi connectivity index (χ4n) is 2.10. The molecule has 14 heavy (non-hydrogen) atoms. The van der Waals surface area contributed by atoms with Crippen LogP contribution in [-0.4, -0.2) is 18.5 Å². The van der Waals surface area contributed by atoms with Crippen LogP contribution in [0.4, 0.5) is 8.78 Å². The van der Waals surface area contributed by atoms with Crippen molar-refractivity contribution in [2.45, 2.75) is 57.9 Å². The molecule has 1 fully saturated rings. The molecule has 0 saturated heterocycles. The zero-order valence-corrected chi connectivity index (χ0v) is 9.15. The summed E-state index contributed by atoms with van der Waals surface area (Å²) in [4.78, 5) is 0. The van der Waals surface area contributed by atoms with Crippen molar-refractivity contribution in [3.05, 3.63) is 0 Å². The van der Waals surface area contributed by atoms with Gasteiger partial charge in [0.2, 0.25) is 5.92 Å². The predicted octanol–water partition coefficient (Wildman–Crippen LogP) is 3.20. The van der Waals surface area contributed by atoms with Gasteiger partial charge in [0.25, 0.3) is 0 Å². The van der Waals surface area contributed by atoms with Crippen molar-refractivity contribution in [1.29, 1.82) is 0 Å². The summed E-state index contributed by atoms with van der Waals surface area (Å²) < 4.78 is 25.7. The molecule has 1 saturated carbocycles. The summed E-state index contributed by atoms with van der Waals surface area (Å²) in [6.45, 7) is 5.23. The quantitative estimate of drug-likeness (QED) is 0.743. The fourth-order valence-corrected chi connectivity index (χ4v) is 2.10. The van der Waals surface area contributed by atoms with E-state index in [9.17, 15) is 8.78 Å². The van der Waals surface area contributed by atoms with Crippen molar-refractivity contribution >= 4 is 0 Å². The van der Waals surface area contributed by atoms with Crippen LogP contribution in [0.3, 0.4) is 0 Å². The molecule has 1 N–H and O–H groups in total. The first-order chi connectivity index (χ1) is 6.55.